The lowest BCUT2D eigenvalue weighted by atomic mass is 9.87. The molecule has 0 radical (unpaired) electrons. The fourth-order valence-corrected chi connectivity index (χ4v) is 5.51. The molecule has 174 valence electrons. The van der Waals surface area contributed by atoms with Gasteiger partial charge >= 0.3 is 0 Å². The molecule has 0 unspecified atom stereocenters. The zero-order valence-electron chi connectivity index (χ0n) is 20.1. The van der Waals surface area contributed by atoms with Gasteiger partial charge in [0.1, 0.15) is 12.0 Å². The minimum atomic E-state index is 0.202. The van der Waals surface area contributed by atoms with Crippen LogP contribution in [0.3, 0.4) is 0 Å². The van der Waals surface area contributed by atoms with Gasteiger partial charge in [-0.25, -0.2) is 0 Å². The molecule has 1 aliphatic heterocycles. The van der Waals surface area contributed by atoms with Crippen LogP contribution in [-0.4, -0.2) is 29.5 Å². The van der Waals surface area contributed by atoms with E-state index in [1.807, 2.05) is 13.0 Å². The summed E-state index contributed by atoms with van der Waals surface area (Å²) >= 11 is 0. The number of fused-ring (bicyclic) bond motifs is 1. The normalized spacial score (nSPS) is 16.8. The molecule has 1 saturated heterocycles. The van der Waals surface area contributed by atoms with E-state index >= 15 is 0 Å². The summed E-state index contributed by atoms with van der Waals surface area (Å²) in [5.74, 6) is 0.525. The maximum absolute atomic E-state index is 11.1. The van der Waals surface area contributed by atoms with Crippen molar-refractivity contribution >= 4 is 23.1 Å². The van der Waals surface area contributed by atoms with Crippen LogP contribution in [0.2, 0.25) is 0 Å². The third kappa shape index (κ3) is 4.37. The molecule has 2 aromatic carbocycles. The maximum Gasteiger partial charge on any atom is 0.123 e. The van der Waals surface area contributed by atoms with E-state index in [1.54, 1.807) is 6.07 Å². The average molecular weight is 453 g/mol. The molecule has 1 aromatic heterocycles. The van der Waals surface area contributed by atoms with Gasteiger partial charge < -0.3 is 14.8 Å². The van der Waals surface area contributed by atoms with Crippen molar-refractivity contribution < 1.29 is 9.90 Å². The van der Waals surface area contributed by atoms with Crippen molar-refractivity contribution in [2.45, 2.75) is 46.0 Å². The van der Waals surface area contributed by atoms with Crippen molar-refractivity contribution in [2.24, 2.45) is 5.92 Å². The van der Waals surface area contributed by atoms with Crippen LogP contribution < -0.4 is 4.90 Å². The van der Waals surface area contributed by atoms with Gasteiger partial charge in [0.15, 0.2) is 0 Å². The second-order valence-corrected chi connectivity index (χ2v) is 9.64. The minimum Gasteiger partial charge on any atom is -0.508 e. The molecule has 34 heavy (non-hydrogen) atoms. The average Bonchev–Trinajstić information content (AvgIpc) is 3.03. The molecule has 0 saturated carbocycles. The van der Waals surface area contributed by atoms with Crippen molar-refractivity contribution in [3.8, 4) is 5.75 Å². The number of carbonyl (C=O) groups excluding carboxylic acids is 1. The van der Waals surface area contributed by atoms with E-state index in [9.17, 15) is 9.90 Å². The molecule has 2 aliphatic rings. The van der Waals surface area contributed by atoms with E-state index in [4.69, 9.17) is 4.98 Å². The summed E-state index contributed by atoms with van der Waals surface area (Å²) in [5.41, 5.74) is 10.7. The largest absolute Gasteiger partial charge is 0.508 e. The zero-order valence-corrected chi connectivity index (χ0v) is 20.1. The number of aldehydes is 1. The second kappa shape index (κ2) is 9.46. The number of anilines is 1. The molecule has 4 nitrogen and oxygen atoms in total. The lowest BCUT2D eigenvalue weighted by Crippen LogP contribution is -2.34. The van der Waals surface area contributed by atoms with Crippen molar-refractivity contribution in [3.63, 3.8) is 0 Å². The van der Waals surface area contributed by atoms with Gasteiger partial charge in [0.05, 0.1) is 0 Å². The summed E-state index contributed by atoms with van der Waals surface area (Å²) in [6.07, 6.45) is 5.91. The van der Waals surface area contributed by atoms with Gasteiger partial charge in [0.2, 0.25) is 0 Å². The molecule has 0 bridgehead atoms. The highest BCUT2D eigenvalue weighted by Crippen LogP contribution is 2.41. The van der Waals surface area contributed by atoms with Crippen LogP contribution in [0.5, 0.6) is 5.75 Å². The molecule has 0 atom stereocenters. The number of aromatic hydroxyl groups is 1. The van der Waals surface area contributed by atoms with Crippen LogP contribution in [0, 0.1) is 19.8 Å². The number of pyridine rings is 1. The predicted octanol–water partition coefficient (Wildman–Crippen LogP) is 6.11. The van der Waals surface area contributed by atoms with Gasteiger partial charge in [0, 0.05) is 36.1 Å². The topological polar surface area (TPSA) is 53.4 Å². The number of piperidine rings is 1. The fourth-order valence-electron chi connectivity index (χ4n) is 5.51. The Labute approximate surface area is 202 Å². The highest BCUT2D eigenvalue weighted by molar-refractivity contribution is 6.00. The number of carbonyl (C=O) groups is 1. The van der Waals surface area contributed by atoms with Gasteiger partial charge in [-0.05, 0) is 110 Å². The monoisotopic (exact) mass is 452 g/mol. The Morgan fingerprint density at radius 2 is 1.68 bits per heavy atom. The molecule has 1 aliphatic carbocycles. The smallest absolute Gasteiger partial charge is 0.123 e. The Balaban J connectivity index is 1.60. The molecule has 2 heterocycles. The summed E-state index contributed by atoms with van der Waals surface area (Å²) in [6, 6.07) is 19.0. The summed E-state index contributed by atoms with van der Waals surface area (Å²) in [4.78, 5) is 18.3. The Morgan fingerprint density at radius 1 is 0.941 bits per heavy atom. The van der Waals surface area contributed by atoms with E-state index in [-0.39, 0.29) is 5.92 Å². The fraction of sp³-hybridized carbons (Fsp3) is 0.333. The van der Waals surface area contributed by atoms with Crippen molar-refractivity contribution in [1.82, 2.24) is 4.98 Å². The molecule has 5 rings (SSSR count). The van der Waals surface area contributed by atoms with Gasteiger partial charge in [-0.1, -0.05) is 24.3 Å². The van der Waals surface area contributed by atoms with E-state index in [1.165, 1.54) is 39.1 Å². The third-order valence-electron chi connectivity index (χ3n) is 7.34. The molecule has 4 heteroatoms. The number of aromatic nitrogens is 1. The van der Waals surface area contributed by atoms with Crippen molar-refractivity contribution in [3.05, 3.63) is 88.2 Å². The number of hydrogen-bond donors (Lipinski definition) is 1. The number of nitrogens with zero attached hydrogens (tertiary/aromatic N) is 2. The molecule has 0 amide bonds. The number of aryl methyl sites for hydroxylation is 3. The lowest BCUT2D eigenvalue weighted by molar-refractivity contribution is -0.111. The number of hydrogen-bond acceptors (Lipinski definition) is 4. The number of benzene rings is 2. The molecule has 0 spiro atoms. The van der Waals surface area contributed by atoms with E-state index in [2.05, 4.69) is 54.3 Å². The second-order valence-electron chi connectivity index (χ2n) is 9.64. The third-order valence-corrected chi connectivity index (χ3v) is 7.34. The molecule has 1 N–H and O–H groups in total. The molecule has 3 aromatic rings. The number of allylic oxidation sites excluding steroid dienone is 1. The van der Waals surface area contributed by atoms with Crippen molar-refractivity contribution in [1.29, 1.82) is 0 Å². The maximum atomic E-state index is 11.1. The molecular weight excluding hydrogens is 420 g/mol. The number of phenolic OH excluding ortho intramolecular Hbond substituents is 1. The van der Waals surface area contributed by atoms with Crippen LogP contribution in [0.4, 0.5) is 5.69 Å². The Hall–Kier alpha value is -3.40. The Morgan fingerprint density at radius 3 is 2.38 bits per heavy atom. The number of rotatable bonds is 4. The Kier molecular flexibility index (Phi) is 6.23. The highest BCUT2D eigenvalue weighted by Gasteiger charge is 2.23. The van der Waals surface area contributed by atoms with Gasteiger partial charge in [0.25, 0.3) is 0 Å². The standard InChI is InChI=1S/C30H32N2O2/c1-20-6-12-27(21(2)31-20)29-5-3-4-24-18-26(34)11-13-28(24)30(29)23-7-9-25(10-8-23)32-16-14-22(19-33)15-17-32/h6-13,18-19,22,34H,3-5,14-17H2,1-2H3. The summed E-state index contributed by atoms with van der Waals surface area (Å²) in [5, 5.41) is 10.2. The predicted molar refractivity (Wildman–Crippen MR) is 138 cm³/mol. The quantitative estimate of drug-likeness (QED) is 0.485. The van der Waals surface area contributed by atoms with Gasteiger partial charge in [-0.3, -0.25) is 4.98 Å². The summed E-state index contributed by atoms with van der Waals surface area (Å²) in [6.45, 7) is 5.98. The zero-order chi connectivity index (χ0) is 23.7. The van der Waals surface area contributed by atoms with Gasteiger partial charge in [-0.2, -0.15) is 0 Å². The van der Waals surface area contributed by atoms with Crippen LogP contribution in [0.25, 0.3) is 11.1 Å². The lowest BCUT2D eigenvalue weighted by Gasteiger charge is -2.31. The first-order valence-corrected chi connectivity index (χ1v) is 12.3. The van der Waals surface area contributed by atoms with E-state index < -0.39 is 0 Å². The van der Waals surface area contributed by atoms with Crippen molar-refractivity contribution in [2.75, 3.05) is 18.0 Å². The van der Waals surface area contributed by atoms with E-state index in [0.29, 0.717) is 5.75 Å². The van der Waals surface area contributed by atoms with Crippen LogP contribution in [0.1, 0.15) is 59.3 Å². The first-order valence-electron chi connectivity index (χ1n) is 12.3. The Bertz CT molecular complexity index is 1240. The first kappa shape index (κ1) is 22.4. The minimum absolute atomic E-state index is 0.202. The highest BCUT2D eigenvalue weighted by atomic mass is 16.3. The van der Waals surface area contributed by atoms with Crippen LogP contribution >= 0.6 is 0 Å². The van der Waals surface area contributed by atoms with E-state index in [0.717, 1.165) is 62.9 Å². The molecular formula is C30H32N2O2. The summed E-state index contributed by atoms with van der Waals surface area (Å²) in [7, 11) is 0. The molecule has 1 fully saturated rings. The van der Waals surface area contributed by atoms with Crippen LogP contribution in [-0.2, 0) is 11.2 Å². The summed E-state index contributed by atoms with van der Waals surface area (Å²) < 4.78 is 0. The first-order chi connectivity index (χ1) is 16.5. The number of phenols is 1. The van der Waals surface area contributed by atoms with Gasteiger partial charge in [-0.15, -0.1) is 0 Å². The van der Waals surface area contributed by atoms with Crippen LogP contribution in [0.15, 0.2) is 54.6 Å². The SMILES string of the molecule is Cc1ccc(C2=C(c3ccc(N4CCC(C=O)CC4)cc3)c3ccc(O)cc3CCC2)c(C)n1.